The average Bonchev–Trinajstić information content (AvgIpc) is 2.70. The molecule has 0 N–H and O–H groups in total. The van der Waals surface area contributed by atoms with Crippen LogP contribution in [0, 0.1) is 20.2 Å². The van der Waals surface area contributed by atoms with E-state index in [-0.39, 0.29) is 17.0 Å². The van der Waals surface area contributed by atoms with Crippen molar-refractivity contribution in [3.63, 3.8) is 0 Å². The maximum Gasteiger partial charge on any atom is 0.342 e. The van der Waals surface area contributed by atoms with E-state index in [9.17, 15) is 25.0 Å². The van der Waals surface area contributed by atoms with E-state index in [0.29, 0.717) is 0 Å². The number of oxime groups is 1. The number of rotatable bonds is 4. The van der Waals surface area contributed by atoms with Crippen molar-refractivity contribution in [2.45, 2.75) is 0 Å². The molecule has 0 radical (unpaired) electrons. The molecule has 1 aliphatic rings. The molecule has 1 aromatic rings. The normalized spacial score (nSPS) is 15.0. The Morgan fingerprint density at radius 1 is 1.23 bits per heavy atom. The van der Waals surface area contributed by atoms with E-state index in [1.54, 1.807) is 0 Å². The van der Waals surface area contributed by atoms with Crippen molar-refractivity contribution in [2.24, 2.45) is 5.16 Å². The third-order valence-corrected chi connectivity index (χ3v) is 3.07. The van der Waals surface area contributed by atoms with Crippen molar-refractivity contribution < 1.29 is 24.2 Å². The van der Waals surface area contributed by atoms with Gasteiger partial charge in [0.1, 0.15) is 12.8 Å². The second-order valence-corrected chi connectivity index (χ2v) is 4.17. The predicted molar refractivity (Wildman–Crippen MR) is 73.3 cm³/mol. The Kier molecular flexibility index (Phi) is 3.63. The van der Waals surface area contributed by atoms with Gasteiger partial charge < -0.3 is 14.5 Å². The summed E-state index contributed by atoms with van der Waals surface area (Å²) in [5, 5.41) is 25.9. The van der Waals surface area contributed by atoms with E-state index in [2.05, 4.69) is 9.99 Å². The second-order valence-electron chi connectivity index (χ2n) is 4.17. The van der Waals surface area contributed by atoms with Crippen LogP contribution < -0.4 is 9.64 Å². The highest BCUT2D eigenvalue weighted by Crippen LogP contribution is 2.48. The number of carbonyl (C=O) groups is 1. The SMILES string of the molecule is CO/N=C1\C(=O)N(C)c2c1cc([N+](=O)[O-])c(OC)c2[N+](=O)[O-]. The Morgan fingerprint density at radius 2 is 1.86 bits per heavy atom. The minimum absolute atomic E-state index is 0.0615. The fourth-order valence-electron chi connectivity index (χ4n) is 2.21. The molecule has 116 valence electrons. The summed E-state index contributed by atoms with van der Waals surface area (Å²) in [6.07, 6.45) is 0. The molecule has 22 heavy (non-hydrogen) atoms. The Labute approximate surface area is 123 Å². The maximum absolute atomic E-state index is 12.1. The molecule has 0 spiro atoms. The number of amides is 1. The van der Waals surface area contributed by atoms with Crippen LogP contribution in [0.2, 0.25) is 0 Å². The molecule has 0 atom stereocenters. The number of nitrogens with zero attached hydrogens (tertiary/aromatic N) is 4. The van der Waals surface area contributed by atoms with E-state index >= 15 is 0 Å². The Hall–Kier alpha value is -3.24. The summed E-state index contributed by atoms with van der Waals surface area (Å²) >= 11 is 0. The monoisotopic (exact) mass is 310 g/mol. The number of likely N-dealkylation sites (N-methyl/N-ethyl adjacent to an activating group) is 1. The Morgan fingerprint density at radius 3 is 2.32 bits per heavy atom. The molecule has 0 aromatic heterocycles. The van der Waals surface area contributed by atoms with Gasteiger partial charge in [0, 0.05) is 18.7 Å². The first-order valence-corrected chi connectivity index (χ1v) is 5.78. The molecule has 1 aromatic carbocycles. The largest absolute Gasteiger partial charge is 0.485 e. The lowest BCUT2D eigenvalue weighted by Crippen LogP contribution is -2.26. The van der Waals surface area contributed by atoms with Gasteiger partial charge in [-0.25, -0.2) is 0 Å². The summed E-state index contributed by atoms with van der Waals surface area (Å²) < 4.78 is 4.81. The van der Waals surface area contributed by atoms with Gasteiger partial charge >= 0.3 is 11.4 Å². The molecule has 0 saturated heterocycles. The van der Waals surface area contributed by atoms with Crippen LogP contribution in [0.1, 0.15) is 5.56 Å². The summed E-state index contributed by atoms with van der Waals surface area (Å²) in [4.78, 5) is 38.4. The van der Waals surface area contributed by atoms with Gasteiger partial charge in [0.05, 0.1) is 17.0 Å². The van der Waals surface area contributed by atoms with Crippen molar-refractivity contribution in [3.05, 3.63) is 31.9 Å². The van der Waals surface area contributed by atoms with Gasteiger partial charge in [-0.1, -0.05) is 5.16 Å². The third-order valence-electron chi connectivity index (χ3n) is 3.07. The van der Waals surface area contributed by atoms with Gasteiger partial charge in [0.15, 0.2) is 5.71 Å². The minimum atomic E-state index is -0.843. The lowest BCUT2D eigenvalue weighted by molar-refractivity contribution is -0.395. The van der Waals surface area contributed by atoms with Crippen LogP contribution >= 0.6 is 0 Å². The number of anilines is 1. The summed E-state index contributed by atoms with van der Waals surface area (Å²) in [6.45, 7) is 0. The number of hydrogen-bond acceptors (Lipinski definition) is 8. The zero-order valence-corrected chi connectivity index (χ0v) is 11.7. The van der Waals surface area contributed by atoms with Crippen LogP contribution in [0.25, 0.3) is 0 Å². The number of methoxy groups -OCH3 is 1. The van der Waals surface area contributed by atoms with Gasteiger partial charge in [0.25, 0.3) is 11.7 Å². The van der Waals surface area contributed by atoms with Gasteiger partial charge in [-0.2, -0.15) is 0 Å². The Balaban J connectivity index is 2.94. The summed E-state index contributed by atoms with van der Waals surface area (Å²) in [5.41, 5.74) is -1.76. The van der Waals surface area contributed by atoms with Gasteiger partial charge in [0.2, 0.25) is 0 Å². The molecule has 11 nitrogen and oxygen atoms in total. The summed E-state index contributed by atoms with van der Waals surface area (Å²) in [7, 11) is 3.55. The van der Waals surface area contributed by atoms with Crippen LogP contribution in [-0.2, 0) is 9.63 Å². The third kappa shape index (κ3) is 1.99. The number of carbonyl (C=O) groups excluding carboxylic acids is 1. The van der Waals surface area contributed by atoms with Gasteiger partial charge in [-0.15, -0.1) is 0 Å². The van der Waals surface area contributed by atoms with Crippen LogP contribution in [0.15, 0.2) is 11.2 Å². The first kappa shape index (κ1) is 15.2. The van der Waals surface area contributed by atoms with Crippen LogP contribution in [0.5, 0.6) is 5.75 Å². The maximum atomic E-state index is 12.1. The molecule has 0 aliphatic carbocycles. The van der Waals surface area contributed by atoms with E-state index < -0.39 is 32.9 Å². The molecular formula is C11H10N4O7. The highest BCUT2D eigenvalue weighted by atomic mass is 16.6. The van der Waals surface area contributed by atoms with Crippen molar-refractivity contribution >= 4 is 28.7 Å². The molecule has 0 saturated carbocycles. The average molecular weight is 310 g/mol. The van der Waals surface area contributed by atoms with Crippen molar-refractivity contribution in [1.82, 2.24) is 0 Å². The molecule has 0 bridgehead atoms. The minimum Gasteiger partial charge on any atom is -0.485 e. The lowest BCUT2D eigenvalue weighted by Gasteiger charge is -2.11. The molecule has 2 rings (SSSR count). The fraction of sp³-hybridized carbons (Fsp3) is 0.273. The number of ether oxygens (including phenoxy) is 1. The number of nitro groups is 2. The molecular weight excluding hydrogens is 300 g/mol. The lowest BCUT2D eigenvalue weighted by atomic mass is 10.1. The quantitative estimate of drug-likeness (QED) is 0.593. The number of fused-ring (bicyclic) bond motifs is 1. The zero-order valence-electron chi connectivity index (χ0n) is 11.7. The van der Waals surface area contributed by atoms with Crippen LogP contribution in [-0.4, -0.2) is 42.7 Å². The number of hydrogen-bond donors (Lipinski definition) is 0. The number of nitro benzene ring substituents is 2. The van der Waals surface area contributed by atoms with Crippen LogP contribution in [0.4, 0.5) is 17.1 Å². The van der Waals surface area contributed by atoms with Crippen molar-refractivity contribution in [2.75, 3.05) is 26.2 Å². The molecule has 11 heteroatoms. The molecule has 1 aliphatic heterocycles. The topological polar surface area (TPSA) is 137 Å². The van der Waals surface area contributed by atoms with Crippen molar-refractivity contribution in [3.8, 4) is 5.75 Å². The number of benzene rings is 1. The first-order chi connectivity index (χ1) is 10.3. The molecule has 1 amide bonds. The highest BCUT2D eigenvalue weighted by Gasteiger charge is 2.44. The fourth-order valence-corrected chi connectivity index (χ4v) is 2.21. The van der Waals surface area contributed by atoms with Crippen LogP contribution in [0.3, 0.4) is 0 Å². The summed E-state index contributed by atoms with van der Waals surface area (Å²) in [5.74, 6) is -1.21. The predicted octanol–water partition coefficient (Wildman–Crippen LogP) is 0.838. The zero-order chi connectivity index (χ0) is 16.6. The smallest absolute Gasteiger partial charge is 0.342 e. The van der Waals surface area contributed by atoms with E-state index in [4.69, 9.17) is 4.74 Å². The van der Waals surface area contributed by atoms with E-state index in [1.807, 2.05) is 0 Å². The molecule has 1 heterocycles. The van der Waals surface area contributed by atoms with Crippen molar-refractivity contribution in [1.29, 1.82) is 0 Å². The first-order valence-electron chi connectivity index (χ1n) is 5.78. The standard InChI is InChI=1S/C11H10N4O7/c1-13-8-5(7(11(13)16)12-22-3)4-6(14(17)18)10(21-2)9(8)15(19)20/h4H,1-3H3/b12-7-. The van der Waals surface area contributed by atoms with Gasteiger partial charge in [-0.3, -0.25) is 25.0 Å². The van der Waals surface area contributed by atoms with Gasteiger partial charge in [-0.05, 0) is 0 Å². The Bertz CT molecular complexity index is 728. The molecule has 0 fully saturated rings. The highest BCUT2D eigenvalue weighted by molar-refractivity contribution is 6.54. The molecule has 0 unspecified atom stereocenters. The van der Waals surface area contributed by atoms with E-state index in [0.717, 1.165) is 18.1 Å². The summed E-state index contributed by atoms with van der Waals surface area (Å²) in [6, 6.07) is 1.00. The van der Waals surface area contributed by atoms with E-state index in [1.165, 1.54) is 14.2 Å². The second kappa shape index (κ2) is 5.27.